The van der Waals surface area contributed by atoms with E-state index in [9.17, 15) is 0 Å². The lowest BCUT2D eigenvalue weighted by Crippen LogP contribution is -1.82. The summed E-state index contributed by atoms with van der Waals surface area (Å²) < 4.78 is 14.9. The van der Waals surface area contributed by atoms with E-state index in [0.29, 0.717) is 12.1 Å². The minimum atomic E-state index is 0.325. The molecule has 0 aliphatic heterocycles. The third kappa shape index (κ3) is 1.32. The highest BCUT2D eigenvalue weighted by Crippen LogP contribution is 2.13. The Morgan fingerprint density at radius 3 is 2.67 bits per heavy atom. The molecule has 0 radical (unpaired) electrons. The van der Waals surface area contributed by atoms with Crippen LogP contribution in [0.3, 0.4) is 0 Å². The molecular formula is C10H8N2. The maximum Gasteiger partial charge on any atom is 0.116 e. The standard InChI is InChI=1S/C10H8N2/c1-2-4-9(5-3-1)10-6-7-11-8-12-10/h1-8H/i2T,3T. The van der Waals surface area contributed by atoms with Gasteiger partial charge in [-0.25, -0.2) is 9.97 Å². The highest BCUT2D eigenvalue weighted by atomic mass is 14.8. The van der Waals surface area contributed by atoms with Crippen LogP contribution in [0.4, 0.5) is 0 Å². The van der Waals surface area contributed by atoms with Gasteiger partial charge in [0.1, 0.15) is 6.33 Å². The van der Waals surface area contributed by atoms with Crippen molar-refractivity contribution in [2.75, 3.05) is 0 Å². The van der Waals surface area contributed by atoms with Crippen LogP contribution in [0, 0.1) is 0 Å². The zero-order valence-electron chi connectivity index (χ0n) is 8.36. The molecule has 0 unspecified atom stereocenters. The Morgan fingerprint density at radius 1 is 1.17 bits per heavy atom. The Balaban J connectivity index is 2.52. The highest BCUT2D eigenvalue weighted by Gasteiger charge is 1.94. The Labute approximate surface area is 73.7 Å². The Kier molecular flexibility index (Phi) is 1.31. The van der Waals surface area contributed by atoms with Crippen LogP contribution in [-0.2, 0) is 0 Å². The first-order valence-corrected chi connectivity index (χ1v) is 3.60. The Morgan fingerprint density at radius 2 is 2.00 bits per heavy atom. The molecule has 0 aliphatic rings. The summed E-state index contributed by atoms with van der Waals surface area (Å²) in [6, 6.07) is 7.26. The monoisotopic (exact) mass is 160 g/mol. The van der Waals surface area contributed by atoms with E-state index in [1.807, 2.05) is 0 Å². The molecule has 2 nitrogen and oxygen atoms in total. The van der Waals surface area contributed by atoms with Crippen molar-refractivity contribution < 1.29 is 2.74 Å². The van der Waals surface area contributed by atoms with E-state index >= 15 is 0 Å². The van der Waals surface area contributed by atoms with Crippen LogP contribution in [0.1, 0.15) is 2.74 Å². The summed E-state index contributed by atoms with van der Waals surface area (Å²) in [5, 5.41) is 0. The maximum atomic E-state index is 7.46. The summed E-state index contributed by atoms with van der Waals surface area (Å²) >= 11 is 0. The molecule has 2 aromatic rings. The Hall–Kier alpha value is -1.70. The molecule has 0 N–H and O–H groups in total. The van der Waals surface area contributed by atoms with E-state index in [4.69, 9.17) is 2.74 Å². The topological polar surface area (TPSA) is 25.8 Å². The Bertz CT molecular complexity index is 423. The van der Waals surface area contributed by atoms with Crippen molar-refractivity contribution >= 4 is 0 Å². The first-order valence-electron chi connectivity index (χ1n) is 4.60. The minimum absolute atomic E-state index is 0.325. The summed E-state index contributed by atoms with van der Waals surface area (Å²) in [5.41, 5.74) is 1.52. The number of rotatable bonds is 1. The smallest absolute Gasteiger partial charge is 0.116 e. The zero-order chi connectivity index (χ0) is 9.97. The number of benzene rings is 1. The predicted molar refractivity (Wildman–Crippen MR) is 47.5 cm³/mol. The van der Waals surface area contributed by atoms with Gasteiger partial charge < -0.3 is 0 Å². The van der Waals surface area contributed by atoms with Gasteiger partial charge in [0.2, 0.25) is 0 Å². The fourth-order valence-electron chi connectivity index (χ4n) is 0.962. The van der Waals surface area contributed by atoms with Crippen molar-refractivity contribution in [3.8, 4) is 11.3 Å². The number of hydrogen-bond acceptors (Lipinski definition) is 2. The highest BCUT2D eigenvalue weighted by molar-refractivity contribution is 5.57. The molecule has 0 bridgehead atoms. The van der Waals surface area contributed by atoms with Gasteiger partial charge in [-0.3, -0.25) is 0 Å². The first-order chi connectivity index (χ1) is 6.75. The minimum Gasteiger partial charge on any atom is -0.245 e. The molecule has 2 rings (SSSR count). The molecule has 0 aliphatic carbocycles. The van der Waals surface area contributed by atoms with Crippen LogP contribution in [0.15, 0.2) is 48.9 Å². The van der Waals surface area contributed by atoms with Gasteiger partial charge in [0.25, 0.3) is 0 Å². The largest absolute Gasteiger partial charge is 0.245 e. The third-order valence-electron chi connectivity index (χ3n) is 1.52. The number of nitrogens with zero attached hydrogens (tertiary/aromatic N) is 2. The lowest BCUT2D eigenvalue weighted by molar-refractivity contribution is 1.17. The van der Waals surface area contributed by atoms with Crippen LogP contribution in [-0.4, -0.2) is 9.97 Å². The van der Waals surface area contributed by atoms with Gasteiger partial charge in [-0.1, -0.05) is 30.3 Å². The quantitative estimate of drug-likeness (QED) is 0.638. The molecule has 2 heteroatoms. The second-order valence-electron chi connectivity index (χ2n) is 2.32. The van der Waals surface area contributed by atoms with Crippen molar-refractivity contribution in [3.05, 3.63) is 48.9 Å². The van der Waals surface area contributed by atoms with Gasteiger partial charge in [-0.2, -0.15) is 0 Å². The van der Waals surface area contributed by atoms with Gasteiger partial charge in [0.15, 0.2) is 0 Å². The van der Waals surface area contributed by atoms with Crippen LogP contribution >= 0.6 is 0 Å². The summed E-state index contributed by atoms with van der Waals surface area (Å²) in [5.74, 6) is 0. The zero-order valence-corrected chi connectivity index (χ0v) is 6.36. The van der Waals surface area contributed by atoms with E-state index in [1.54, 1.807) is 24.4 Å². The number of aromatic nitrogens is 2. The van der Waals surface area contributed by atoms with Crippen molar-refractivity contribution in [3.63, 3.8) is 0 Å². The molecule has 0 saturated heterocycles. The van der Waals surface area contributed by atoms with Crippen LogP contribution in [0.25, 0.3) is 11.3 Å². The van der Waals surface area contributed by atoms with Crippen molar-refractivity contribution in [1.82, 2.24) is 9.97 Å². The molecule has 1 aromatic carbocycles. The lowest BCUT2D eigenvalue weighted by atomic mass is 10.1. The maximum absolute atomic E-state index is 7.46. The molecule has 0 fully saturated rings. The van der Waals surface area contributed by atoms with E-state index < -0.39 is 0 Å². The second-order valence-corrected chi connectivity index (χ2v) is 2.32. The third-order valence-corrected chi connectivity index (χ3v) is 1.52. The van der Waals surface area contributed by atoms with E-state index in [1.165, 1.54) is 12.4 Å². The van der Waals surface area contributed by atoms with Crippen LogP contribution in [0.5, 0.6) is 0 Å². The van der Waals surface area contributed by atoms with Gasteiger partial charge >= 0.3 is 0 Å². The van der Waals surface area contributed by atoms with Crippen molar-refractivity contribution in [1.29, 1.82) is 0 Å². The van der Waals surface area contributed by atoms with Gasteiger partial charge in [0.05, 0.1) is 8.44 Å². The fourth-order valence-corrected chi connectivity index (χ4v) is 0.962. The SMILES string of the molecule is [3H]c1cc([3H])cc(-c2ccncn2)c1. The summed E-state index contributed by atoms with van der Waals surface area (Å²) in [4.78, 5) is 7.86. The molecule has 12 heavy (non-hydrogen) atoms. The fraction of sp³-hybridized carbons (Fsp3) is 0. The molecule has 0 spiro atoms. The molecule has 0 atom stereocenters. The average molecular weight is 160 g/mol. The summed E-state index contributed by atoms with van der Waals surface area (Å²) in [6.45, 7) is 0. The van der Waals surface area contributed by atoms with Gasteiger partial charge in [-0.15, -0.1) is 0 Å². The summed E-state index contributed by atoms with van der Waals surface area (Å²) in [6.07, 6.45) is 3.10. The van der Waals surface area contributed by atoms with Gasteiger partial charge in [-0.05, 0) is 6.07 Å². The number of hydrogen-bond donors (Lipinski definition) is 0. The lowest BCUT2D eigenvalue weighted by Gasteiger charge is -1.96. The molecule has 0 saturated carbocycles. The predicted octanol–water partition coefficient (Wildman–Crippen LogP) is 2.14. The van der Waals surface area contributed by atoms with E-state index in [-0.39, 0.29) is 0 Å². The van der Waals surface area contributed by atoms with E-state index in [2.05, 4.69) is 9.97 Å². The first kappa shape index (κ1) is 5.04. The van der Waals surface area contributed by atoms with Crippen molar-refractivity contribution in [2.24, 2.45) is 0 Å². The molecule has 0 amide bonds. The van der Waals surface area contributed by atoms with Gasteiger partial charge in [0, 0.05) is 11.8 Å². The molecule has 1 heterocycles. The second kappa shape index (κ2) is 3.13. The normalized spacial score (nSPS) is 12.0. The average Bonchev–Trinajstić information content (AvgIpc) is 2.18. The molecule has 1 aromatic heterocycles. The van der Waals surface area contributed by atoms with Crippen LogP contribution in [0.2, 0.25) is 0 Å². The molecular weight excluding hydrogens is 148 g/mol. The summed E-state index contributed by atoms with van der Waals surface area (Å²) in [7, 11) is 0. The van der Waals surface area contributed by atoms with Crippen molar-refractivity contribution in [2.45, 2.75) is 0 Å². The molecule has 58 valence electrons. The van der Waals surface area contributed by atoms with Crippen LogP contribution < -0.4 is 0 Å². The van der Waals surface area contributed by atoms with E-state index in [0.717, 1.165) is 11.3 Å².